The number of nitrogens with one attached hydrogen (secondary N) is 2. The lowest BCUT2D eigenvalue weighted by atomic mass is 10.2. The van der Waals surface area contributed by atoms with E-state index in [0.29, 0.717) is 12.5 Å². The number of aromatic nitrogens is 1. The van der Waals surface area contributed by atoms with Gasteiger partial charge in [-0.1, -0.05) is 26.8 Å². The van der Waals surface area contributed by atoms with Gasteiger partial charge >= 0.3 is 0 Å². The highest BCUT2D eigenvalue weighted by Gasteiger charge is 2.14. The summed E-state index contributed by atoms with van der Waals surface area (Å²) in [6, 6.07) is 4.02. The van der Waals surface area contributed by atoms with E-state index in [1.807, 2.05) is 11.0 Å². The summed E-state index contributed by atoms with van der Waals surface area (Å²) >= 11 is 0. The molecule has 1 heterocycles. The third-order valence-electron chi connectivity index (χ3n) is 3.14. The summed E-state index contributed by atoms with van der Waals surface area (Å²) in [6.07, 6.45) is 2.76. The van der Waals surface area contributed by atoms with E-state index in [-0.39, 0.29) is 5.91 Å². The first-order valence-electron chi connectivity index (χ1n) is 7.68. The number of anilines is 1. The molecule has 1 rings (SSSR count). The summed E-state index contributed by atoms with van der Waals surface area (Å²) in [4.78, 5) is 18.2. The van der Waals surface area contributed by atoms with Crippen LogP contribution in [0.5, 0.6) is 0 Å². The number of rotatable bonds is 9. The van der Waals surface area contributed by atoms with Gasteiger partial charge in [-0.25, -0.2) is 4.98 Å². The highest BCUT2D eigenvalue weighted by molar-refractivity contribution is 5.80. The molecule has 0 aromatic carbocycles. The molecule has 0 saturated heterocycles. The first-order chi connectivity index (χ1) is 10.1. The minimum Gasteiger partial charge on any atom is -0.358 e. The Kier molecular flexibility index (Phi) is 7.75. The van der Waals surface area contributed by atoms with Crippen molar-refractivity contribution in [2.24, 2.45) is 5.92 Å². The molecule has 0 atom stereocenters. The van der Waals surface area contributed by atoms with Crippen LogP contribution in [0.15, 0.2) is 18.3 Å². The minimum absolute atomic E-state index is 0.00944. The summed E-state index contributed by atoms with van der Waals surface area (Å²) in [5.41, 5.74) is 1.13. The molecule has 0 aliphatic carbocycles. The van der Waals surface area contributed by atoms with Crippen molar-refractivity contribution in [3.05, 3.63) is 23.9 Å². The standard InChI is InChI=1S/C16H28N4O/c1-5-9-20(12-15(21)17-4)16-14(7-6-8-19-16)11-18-10-13(2)3/h6-8,13,18H,5,9-12H2,1-4H3,(H,17,21). The fourth-order valence-electron chi connectivity index (χ4n) is 2.13. The average Bonchev–Trinajstić information content (AvgIpc) is 2.47. The maximum atomic E-state index is 11.7. The minimum atomic E-state index is 0.00944. The van der Waals surface area contributed by atoms with Gasteiger partial charge in [-0.15, -0.1) is 0 Å². The van der Waals surface area contributed by atoms with Crippen LogP contribution in [0.2, 0.25) is 0 Å². The first-order valence-corrected chi connectivity index (χ1v) is 7.68. The normalized spacial score (nSPS) is 10.7. The Hall–Kier alpha value is -1.62. The monoisotopic (exact) mass is 292 g/mol. The fraction of sp³-hybridized carbons (Fsp3) is 0.625. The molecule has 1 amide bonds. The molecule has 5 heteroatoms. The summed E-state index contributed by atoms with van der Waals surface area (Å²) in [5.74, 6) is 1.53. The topological polar surface area (TPSA) is 57.3 Å². The third kappa shape index (κ3) is 6.12. The van der Waals surface area contributed by atoms with Crippen molar-refractivity contribution < 1.29 is 4.79 Å². The van der Waals surface area contributed by atoms with Crippen LogP contribution in [0.4, 0.5) is 5.82 Å². The number of hydrogen-bond donors (Lipinski definition) is 2. The lowest BCUT2D eigenvalue weighted by molar-refractivity contribution is -0.119. The van der Waals surface area contributed by atoms with Crippen LogP contribution in [0.3, 0.4) is 0 Å². The molecule has 0 radical (unpaired) electrons. The molecule has 0 aliphatic rings. The van der Waals surface area contributed by atoms with Gasteiger partial charge in [0, 0.05) is 31.9 Å². The van der Waals surface area contributed by atoms with E-state index >= 15 is 0 Å². The van der Waals surface area contributed by atoms with Gasteiger partial charge in [-0.2, -0.15) is 0 Å². The van der Waals surface area contributed by atoms with E-state index < -0.39 is 0 Å². The molecular weight excluding hydrogens is 264 g/mol. The fourth-order valence-corrected chi connectivity index (χ4v) is 2.13. The summed E-state index contributed by atoms with van der Waals surface area (Å²) in [7, 11) is 1.66. The van der Waals surface area contributed by atoms with Crippen LogP contribution in [0.25, 0.3) is 0 Å². The lowest BCUT2D eigenvalue weighted by Gasteiger charge is -2.24. The zero-order valence-corrected chi connectivity index (χ0v) is 13.6. The zero-order valence-electron chi connectivity index (χ0n) is 13.6. The lowest BCUT2D eigenvalue weighted by Crippen LogP contribution is -2.37. The highest BCUT2D eigenvalue weighted by Crippen LogP contribution is 2.17. The molecule has 118 valence electrons. The van der Waals surface area contributed by atoms with Crippen molar-refractivity contribution in [3.8, 4) is 0 Å². The molecule has 21 heavy (non-hydrogen) atoms. The van der Waals surface area contributed by atoms with Gasteiger partial charge < -0.3 is 15.5 Å². The molecule has 0 fully saturated rings. The first kappa shape index (κ1) is 17.4. The second-order valence-corrected chi connectivity index (χ2v) is 5.61. The average molecular weight is 292 g/mol. The van der Waals surface area contributed by atoms with Gasteiger partial charge in [0.25, 0.3) is 0 Å². The number of amides is 1. The maximum absolute atomic E-state index is 11.7. The second-order valence-electron chi connectivity index (χ2n) is 5.61. The van der Waals surface area contributed by atoms with Crippen molar-refractivity contribution in [1.82, 2.24) is 15.6 Å². The van der Waals surface area contributed by atoms with Crippen molar-refractivity contribution in [1.29, 1.82) is 0 Å². The molecule has 2 N–H and O–H groups in total. The van der Waals surface area contributed by atoms with Crippen LogP contribution in [0, 0.1) is 5.92 Å². The number of carbonyl (C=O) groups excluding carboxylic acids is 1. The third-order valence-corrected chi connectivity index (χ3v) is 3.14. The van der Waals surface area contributed by atoms with Crippen molar-refractivity contribution >= 4 is 11.7 Å². The van der Waals surface area contributed by atoms with Crippen molar-refractivity contribution in [3.63, 3.8) is 0 Å². The molecule has 5 nitrogen and oxygen atoms in total. The van der Waals surface area contributed by atoms with Crippen LogP contribution < -0.4 is 15.5 Å². The van der Waals surface area contributed by atoms with Crippen LogP contribution >= 0.6 is 0 Å². The van der Waals surface area contributed by atoms with Crippen LogP contribution in [-0.4, -0.2) is 37.6 Å². The summed E-state index contributed by atoms with van der Waals surface area (Å²) in [6.45, 7) is 9.39. The number of likely N-dealkylation sites (N-methyl/N-ethyl adjacent to an activating group) is 1. The van der Waals surface area contributed by atoms with E-state index in [2.05, 4.69) is 42.5 Å². The van der Waals surface area contributed by atoms with Crippen molar-refractivity contribution in [2.45, 2.75) is 33.7 Å². The van der Waals surface area contributed by atoms with E-state index in [0.717, 1.165) is 37.4 Å². The molecular formula is C16H28N4O. The molecule has 0 saturated carbocycles. The SMILES string of the molecule is CCCN(CC(=O)NC)c1ncccc1CNCC(C)C. The van der Waals surface area contributed by atoms with E-state index in [1.165, 1.54) is 0 Å². The Labute approximate surface area is 128 Å². The van der Waals surface area contributed by atoms with Gasteiger partial charge in [0.1, 0.15) is 5.82 Å². The Bertz CT molecular complexity index is 434. The maximum Gasteiger partial charge on any atom is 0.239 e. The molecule has 0 aliphatic heterocycles. The summed E-state index contributed by atoms with van der Waals surface area (Å²) in [5, 5.41) is 6.12. The number of hydrogen-bond acceptors (Lipinski definition) is 4. The van der Waals surface area contributed by atoms with Gasteiger partial charge in [-0.3, -0.25) is 4.79 Å². The molecule has 0 unspecified atom stereocenters. The Balaban J connectivity index is 2.83. The highest BCUT2D eigenvalue weighted by atomic mass is 16.1. The molecule has 1 aromatic rings. The Morgan fingerprint density at radius 1 is 1.43 bits per heavy atom. The number of nitrogens with zero attached hydrogens (tertiary/aromatic N) is 2. The predicted octanol–water partition coefficient (Wildman–Crippen LogP) is 1.79. The van der Waals surface area contributed by atoms with Gasteiger partial charge in [0.15, 0.2) is 0 Å². The summed E-state index contributed by atoms with van der Waals surface area (Å²) < 4.78 is 0. The number of carbonyl (C=O) groups is 1. The van der Waals surface area contributed by atoms with E-state index in [4.69, 9.17) is 0 Å². The second kappa shape index (κ2) is 9.34. The van der Waals surface area contributed by atoms with Crippen LogP contribution in [0.1, 0.15) is 32.8 Å². The smallest absolute Gasteiger partial charge is 0.239 e. The zero-order chi connectivity index (χ0) is 15.7. The van der Waals surface area contributed by atoms with Gasteiger partial charge in [0.05, 0.1) is 6.54 Å². The Morgan fingerprint density at radius 2 is 2.19 bits per heavy atom. The molecule has 1 aromatic heterocycles. The molecule has 0 spiro atoms. The van der Waals surface area contributed by atoms with E-state index in [9.17, 15) is 4.79 Å². The van der Waals surface area contributed by atoms with Gasteiger partial charge in [-0.05, 0) is 24.9 Å². The largest absolute Gasteiger partial charge is 0.358 e. The predicted molar refractivity (Wildman–Crippen MR) is 87.4 cm³/mol. The quantitative estimate of drug-likeness (QED) is 0.728. The van der Waals surface area contributed by atoms with Gasteiger partial charge in [0.2, 0.25) is 5.91 Å². The van der Waals surface area contributed by atoms with Crippen molar-refractivity contribution in [2.75, 3.05) is 31.6 Å². The Morgan fingerprint density at radius 3 is 2.81 bits per heavy atom. The number of pyridine rings is 1. The van der Waals surface area contributed by atoms with Crippen LogP contribution in [-0.2, 0) is 11.3 Å². The van der Waals surface area contributed by atoms with E-state index in [1.54, 1.807) is 13.2 Å². The molecule has 0 bridgehead atoms.